The van der Waals surface area contributed by atoms with Crippen LogP contribution in [0.4, 0.5) is 14.5 Å². The van der Waals surface area contributed by atoms with Gasteiger partial charge in [-0.15, -0.1) is 0 Å². The highest BCUT2D eigenvalue weighted by atomic mass is 79.9. The predicted molar refractivity (Wildman–Crippen MR) is 93.9 cm³/mol. The number of amides is 1. The Labute approximate surface area is 152 Å². The summed E-state index contributed by atoms with van der Waals surface area (Å²) in [6.07, 6.45) is 0. The number of carbonyl (C=O) groups excluding carboxylic acids is 1. The summed E-state index contributed by atoms with van der Waals surface area (Å²) in [7, 11) is -3.75. The summed E-state index contributed by atoms with van der Waals surface area (Å²) in [5, 5.41) is 2.40. The molecule has 0 aliphatic heterocycles. The normalized spacial score (nSPS) is 11.6. The van der Waals surface area contributed by atoms with Crippen LogP contribution in [-0.2, 0) is 10.0 Å². The monoisotopic (exact) mass is 432 g/mol. The molecule has 0 bridgehead atoms. The van der Waals surface area contributed by atoms with Crippen LogP contribution in [0.25, 0.3) is 0 Å². The SMILES string of the molecule is CC(C)NS(=O)(=O)c1cccc(C(=O)Nc2cc(F)c(F)c(Br)c2)c1. The molecule has 2 rings (SSSR count). The quantitative estimate of drug-likeness (QED) is 0.707. The number of nitrogens with one attached hydrogen (secondary N) is 2. The molecule has 2 N–H and O–H groups in total. The number of hydrogen-bond donors (Lipinski definition) is 2. The van der Waals surface area contributed by atoms with Crippen molar-refractivity contribution in [3.05, 3.63) is 58.1 Å². The van der Waals surface area contributed by atoms with Gasteiger partial charge in [0.05, 0.1) is 9.37 Å². The van der Waals surface area contributed by atoms with Crippen LogP contribution in [0.2, 0.25) is 0 Å². The van der Waals surface area contributed by atoms with Crippen LogP contribution in [0.15, 0.2) is 45.8 Å². The minimum atomic E-state index is -3.75. The summed E-state index contributed by atoms with van der Waals surface area (Å²) < 4.78 is 53.2. The summed E-state index contributed by atoms with van der Waals surface area (Å²) >= 11 is 2.85. The van der Waals surface area contributed by atoms with E-state index in [1.807, 2.05) is 0 Å². The third-order valence-corrected chi connectivity index (χ3v) is 5.27. The second-order valence-electron chi connectivity index (χ2n) is 5.51. The molecule has 0 saturated heterocycles. The zero-order chi connectivity index (χ0) is 18.8. The van der Waals surface area contributed by atoms with E-state index in [0.29, 0.717) is 0 Å². The number of anilines is 1. The van der Waals surface area contributed by atoms with E-state index in [1.165, 1.54) is 30.3 Å². The van der Waals surface area contributed by atoms with Gasteiger partial charge in [-0.3, -0.25) is 4.79 Å². The highest BCUT2D eigenvalue weighted by Crippen LogP contribution is 2.24. The summed E-state index contributed by atoms with van der Waals surface area (Å²) in [4.78, 5) is 12.2. The van der Waals surface area contributed by atoms with Gasteiger partial charge in [-0.25, -0.2) is 21.9 Å². The largest absolute Gasteiger partial charge is 0.322 e. The zero-order valence-corrected chi connectivity index (χ0v) is 15.7. The molecule has 0 radical (unpaired) electrons. The van der Waals surface area contributed by atoms with Gasteiger partial charge in [0.1, 0.15) is 0 Å². The summed E-state index contributed by atoms with van der Waals surface area (Å²) in [6.45, 7) is 3.35. The molecule has 2 aromatic carbocycles. The molecule has 0 unspecified atom stereocenters. The minimum Gasteiger partial charge on any atom is -0.322 e. The van der Waals surface area contributed by atoms with Crippen molar-refractivity contribution in [2.45, 2.75) is 24.8 Å². The average Bonchev–Trinajstić information content (AvgIpc) is 2.51. The predicted octanol–water partition coefficient (Wildman–Crippen LogP) is 3.67. The fourth-order valence-electron chi connectivity index (χ4n) is 2.01. The van der Waals surface area contributed by atoms with Gasteiger partial charge in [-0.1, -0.05) is 6.07 Å². The first-order valence-corrected chi connectivity index (χ1v) is 9.46. The third kappa shape index (κ3) is 4.83. The van der Waals surface area contributed by atoms with E-state index in [0.717, 1.165) is 6.07 Å². The second-order valence-corrected chi connectivity index (χ2v) is 8.08. The van der Waals surface area contributed by atoms with Gasteiger partial charge in [-0.2, -0.15) is 0 Å². The van der Waals surface area contributed by atoms with Gasteiger partial charge in [-0.05, 0) is 54.0 Å². The van der Waals surface area contributed by atoms with Crippen molar-refractivity contribution >= 4 is 37.5 Å². The van der Waals surface area contributed by atoms with Crippen molar-refractivity contribution in [2.75, 3.05) is 5.32 Å². The molecule has 134 valence electrons. The van der Waals surface area contributed by atoms with Crippen molar-refractivity contribution in [1.82, 2.24) is 4.72 Å². The molecule has 0 fully saturated rings. The number of benzene rings is 2. The van der Waals surface area contributed by atoms with E-state index in [2.05, 4.69) is 26.0 Å². The van der Waals surface area contributed by atoms with E-state index >= 15 is 0 Å². The Morgan fingerprint density at radius 1 is 1.16 bits per heavy atom. The fraction of sp³-hybridized carbons (Fsp3) is 0.188. The Morgan fingerprint density at radius 3 is 2.44 bits per heavy atom. The molecule has 0 heterocycles. The first-order valence-electron chi connectivity index (χ1n) is 7.18. The lowest BCUT2D eigenvalue weighted by Gasteiger charge is -2.11. The van der Waals surface area contributed by atoms with Crippen molar-refractivity contribution in [3.8, 4) is 0 Å². The summed E-state index contributed by atoms with van der Waals surface area (Å²) in [6, 6.07) is 7.13. The number of halogens is 3. The van der Waals surface area contributed by atoms with Crippen molar-refractivity contribution in [1.29, 1.82) is 0 Å². The molecule has 2 aromatic rings. The zero-order valence-electron chi connectivity index (χ0n) is 13.3. The summed E-state index contributed by atoms with van der Waals surface area (Å²) in [5.74, 6) is -2.84. The minimum absolute atomic E-state index is 0.0318. The van der Waals surface area contributed by atoms with Crippen LogP contribution >= 0.6 is 15.9 Å². The van der Waals surface area contributed by atoms with Crippen LogP contribution < -0.4 is 10.0 Å². The molecule has 5 nitrogen and oxygen atoms in total. The van der Waals surface area contributed by atoms with Crippen LogP contribution in [-0.4, -0.2) is 20.4 Å². The Bertz CT molecular complexity index is 894. The van der Waals surface area contributed by atoms with Crippen LogP contribution in [0.3, 0.4) is 0 Å². The molecule has 0 spiro atoms. The Morgan fingerprint density at radius 2 is 1.84 bits per heavy atom. The lowest BCUT2D eigenvalue weighted by molar-refractivity contribution is 0.102. The summed E-state index contributed by atoms with van der Waals surface area (Å²) in [5.41, 5.74) is 0.0943. The lowest BCUT2D eigenvalue weighted by atomic mass is 10.2. The number of carbonyl (C=O) groups is 1. The molecule has 0 aromatic heterocycles. The van der Waals surface area contributed by atoms with E-state index in [1.54, 1.807) is 13.8 Å². The Kier molecular flexibility index (Phi) is 5.91. The van der Waals surface area contributed by atoms with Crippen molar-refractivity contribution in [3.63, 3.8) is 0 Å². The number of sulfonamides is 1. The van der Waals surface area contributed by atoms with E-state index in [9.17, 15) is 22.0 Å². The number of rotatable bonds is 5. The molecule has 9 heteroatoms. The highest BCUT2D eigenvalue weighted by molar-refractivity contribution is 9.10. The maximum atomic E-state index is 13.4. The Balaban J connectivity index is 2.28. The van der Waals surface area contributed by atoms with Crippen molar-refractivity contribution < 1.29 is 22.0 Å². The molecular formula is C16H15BrF2N2O3S. The third-order valence-electron chi connectivity index (χ3n) is 3.04. The van der Waals surface area contributed by atoms with Crippen LogP contribution in [0.5, 0.6) is 0 Å². The van der Waals surface area contributed by atoms with Gasteiger partial charge in [0.2, 0.25) is 10.0 Å². The van der Waals surface area contributed by atoms with E-state index < -0.39 is 27.6 Å². The molecule has 0 saturated carbocycles. The van der Waals surface area contributed by atoms with E-state index in [-0.39, 0.29) is 26.7 Å². The van der Waals surface area contributed by atoms with Gasteiger partial charge < -0.3 is 5.32 Å². The van der Waals surface area contributed by atoms with E-state index in [4.69, 9.17) is 0 Å². The van der Waals surface area contributed by atoms with Crippen LogP contribution in [0.1, 0.15) is 24.2 Å². The first-order chi connectivity index (χ1) is 11.6. The lowest BCUT2D eigenvalue weighted by Crippen LogP contribution is -2.30. The van der Waals surface area contributed by atoms with Gasteiger partial charge in [0.15, 0.2) is 11.6 Å². The standard InChI is InChI=1S/C16H15BrF2N2O3S/c1-9(2)21-25(23,24)12-5-3-4-10(6-12)16(22)20-11-7-13(17)15(19)14(18)8-11/h3-9,21H,1-2H3,(H,20,22). The first kappa shape index (κ1) is 19.5. The number of hydrogen-bond acceptors (Lipinski definition) is 3. The molecule has 0 aliphatic rings. The average molecular weight is 433 g/mol. The van der Waals surface area contributed by atoms with Gasteiger partial charge in [0, 0.05) is 23.4 Å². The molecule has 1 amide bonds. The Hall–Kier alpha value is -1.84. The maximum Gasteiger partial charge on any atom is 0.255 e. The molecule has 25 heavy (non-hydrogen) atoms. The molecular weight excluding hydrogens is 418 g/mol. The molecule has 0 atom stereocenters. The highest BCUT2D eigenvalue weighted by Gasteiger charge is 2.18. The van der Waals surface area contributed by atoms with Gasteiger partial charge in [0.25, 0.3) is 5.91 Å². The smallest absolute Gasteiger partial charge is 0.255 e. The van der Waals surface area contributed by atoms with Gasteiger partial charge >= 0.3 is 0 Å². The van der Waals surface area contributed by atoms with Crippen LogP contribution in [0, 0.1) is 11.6 Å². The second kappa shape index (κ2) is 7.59. The topological polar surface area (TPSA) is 75.3 Å². The molecule has 0 aliphatic carbocycles. The maximum absolute atomic E-state index is 13.4. The van der Waals surface area contributed by atoms with Crippen molar-refractivity contribution in [2.24, 2.45) is 0 Å². The fourth-order valence-corrected chi connectivity index (χ4v) is 3.75.